The Balaban J connectivity index is 2.84. The molecule has 110 valence electrons. The lowest BCUT2D eigenvalue weighted by molar-refractivity contribution is 0.424. The maximum absolute atomic E-state index is 6.35. The number of terminal acetylenes is 1. The Kier molecular flexibility index (Phi) is 6.32. The Morgan fingerprint density at radius 2 is 2.15 bits per heavy atom. The van der Waals surface area contributed by atoms with Gasteiger partial charge in [0.15, 0.2) is 0 Å². The summed E-state index contributed by atoms with van der Waals surface area (Å²) in [5.41, 5.74) is 1.15. The molecule has 0 aromatic carbocycles. The Bertz CT molecular complexity index is 472. The van der Waals surface area contributed by atoms with Gasteiger partial charge in [0.05, 0.1) is 11.6 Å². The number of pyridine rings is 1. The van der Waals surface area contributed by atoms with E-state index in [1.165, 1.54) is 0 Å². The number of hydrogen-bond acceptors (Lipinski definition) is 3. The fourth-order valence-corrected chi connectivity index (χ4v) is 2.12. The molecule has 0 aliphatic carbocycles. The van der Waals surface area contributed by atoms with Crippen molar-refractivity contribution in [1.29, 1.82) is 0 Å². The van der Waals surface area contributed by atoms with Gasteiger partial charge in [-0.15, -0.1) is 6.42 Å². The van der Waals surface area contributed by atoms with Crippen molar-refractivity contribution in [2.24, 2.45) is 0 Å². The number of rotatable bonds is 6. The maximum Gasteiger partial charge on any atom is 0.148 e. The lowest BCUT2D eigenvalue weighted by atomic mass is 10.1. The lowest BCUT2D eigenvalue weighted by Crippen LogP contribution is -2.35. The molecule has 1 rings (SSSR count). The zero-order valence-corrected chi connectivity index (χ0v) is 13.6. The van der Waals surface area contributed by atoms with Crippen molar-refractivity contribution in [3.63, 3.8) is 0 Å². The van der Waals surface area contributed by atoms with Crippen molar-refractivity contribution in [3.8, 4) is 12.3 Å². The van der Waals surface area contributed by atoms with Gasteiger partial charge < -0.3 is 10.2 Å². The predicted octanol–water partition coefficient (Wildman–Crippen LogP) is 3.47. The van der Waals surface area contributed by atoms with Crippen LogP contribution in [0.4, 0.5) is 5.82 Å². The zero-order valence-electron chi connectivity index (χ0n) is 12.8. The molecule has 0 aliphatic rings. The largest absolute Gasteiger partial charge is 0.344 e. The summed E-state index contributed by atoms with van der Waals surface area (Å²) < 4.78 is 0. The second-order valence-electron chi connectivity index (χ2n) is 5.88. The number of anilines is 1. The minimum atomic E-state index is 0.0723. The molecule has 0 saturated heterocycles. The standard InChI is InChI=1S/C16H24ClN3/c1-6-8-20(9-7-2)15-14(17)10-13(11-18-15)12-19-16(3,4)5/h1,10-11,19H,7-9,12H2,2-5H3. The summed E-state index contributed by atoms with van der Waals surface area (Å²) in [4.78, 5) is 6.51. The highest BCUT2D eigenvalue weighted by Crippen LogP contribution is 2.24. The quantitative estimate of drug-likeness (QED) is 0.814. The molecule has 0 atom stereocenters. The molecule has 1 heterocycles. The van der Waals surface area contributed by atoms with E-state index in [2.05, 4.69) is 43.9 Å². The van der Waals surface area contributed by atoms with Gasteiger partial charge in [-0.2, -0.15) is 0 Å². The van der Waals surface area contributed by atoms with E-state index in [1.54, 1.807) is 0 Å². The van der Waals surface area contributed by atoms with Crippen molar-refractivity contribution in [3.05, 3.63) is 22.8 Å². The van der Waals surface area contributed by atoms with Crippen LogP contribution in [-0.2, 0) is 6.54 Å². The summed E-state index contributed by atoms with van der Waals surface area (Å²) in [5.74, 6) is 3.42. The summed E-state index contributed by atoms with van der Waals surface area (Å²) in [6.45, 7) is 10.6. The predicted molar refractivity (Wildman–Crippen MR) is 87.2 cm³/mol. The molecule has 0 saturated carbocycles. The van der Waals surface area contributed by atoms with Crippen LogP contribution >= 0.6 is 11.6 Å². The number of hydrogen-bond donors (Lipinski definition) is 1. The molecule has 0 bridgehead atoms. The summed E-state index contributed by atoms with van der Waals surface area (Å²) >= 11 is 6.35. The third-order valence-corrected chi connectivity index (χ3v) is 3.05. The molecule has 1 aromatic rings. The normalized spacial score (nSPS) is 11.2. The highest BCUT2D eigenvalue weighted by atomic mass is 35.5. The number of aromatic nitrogens is 1. The monoisotopic (exact) mass is 293 g/mol. The van der Waals surface area contributed by atoms with Crippen LogP contribution in [0.1, 0.15) is 39.7 Å². The summed E-state index contributed by atoms with van der Waals surface area (Å²) in [5, 5.41) is 4.07. The van der Waals surface area contributed by atoms with Crippen LogP contribution in [0.25, 0.3) is 0 Å². The van der Waals surface area contributed by atoms with E-state index in [1.807, 2.05) is 17.2 Å². The van der Waals surface area contributed by atoms with Gasteiger partial charge in [0.25, 0.3) is 0 Å². The second kappa shape index (κ2) is 7.52. The lowest BCUT2D eigenvalue weighted by Gasteiger charge is -2.23. The van der Waals surface area contributed by atoms with Crippen LogP contribution in [-0.4, -0.2) is 23.6 Å². The molecular weight excluding hydrogens is 270 g/mol. The first-order valence-corrected chi connectivity index (χ1v) is 7.33. The molecule has 20 heavy (non-hydrogen) atoms. The van der Waals surface area contributed by atoms with E-state index >= 15 is 0 Å². The van der Waals surface area contributed by atoms with Crippen LogP contribution in [0.2, 0.25) is 5.02 Å². The first-order valence-electron chi connectivity index (χ1n) is 6.95. The van der Waals surface area contributed by atoms with Crippen molar-refractivity contribution < 1.29 is 0 Å². The molecule has 0 spiro atoms. The number of nitrogens with zero attached hydrogens (tertiary/aromatic N) is 2. The minimum absolute atomic E-state index is 0.0723. The smallest absolute Gasteiger partial charge is 0.148 e. The van der Waals surface area contributed by atoms with Gasteiger partial charge in [-0.1, -0.05) is 24.4 Å². The van der Waals surface area contributed by atoms with Gasteiger partial charge in [0, 0.05) is 24.8 Å². The Labute approximate surface area is 127 Å². The first kappa shape index (κ1) is 16.8. The van der Waals surface area contributed by atoms with Crippen molar-refractivity contribution in [2.45, 2.75) is 46.2 Å². The van der Waals surface area contributed by atoms with Crippen LogP contribution in [0, 0.1) is 12.3 Å². The molecule has 0 aliphatic heterocycles. The molecule has 0 unspecified atom stereocenters. The highest BCUT2D eigenvalue weighted by molar-refractivity contribution is 6.33. The van der Waals surface area contributed by atoms with Crippen LogP contribution in [0.5, 0.6) is 0 Å². The van der Waals surface area contributed by atoms with Crippen LogP contribution in [0.3, 0.4) is 0 Å². The van der Waals surface area contributed by atoms with Gasteiger partial charge in [-0.3, -0.25) is 0 Å². The molecule has 1 N–H and O–H groups in total. The van der Waals surface area contributed by atoms with E-state index in [0.717, 1.165) is 30.9 Å². The van der Waals surface area contributed by atoms with Crippen LogP contribution < -0.4 is 10.2 Å². The molecular formula is C16H24ClN3. The summed E-state index contributed by atoms with van der Waals surface area (Å²) in [6, 6.07) is 1.96. The number of nitrogens with one attached hydrogen (secondary N) is 1. The van der Waals surface area contributed by atoms with Gasteiger partial charge in [-0.05, 0) is 38.8 Å². The average molecular weight is 294 g/mol. The van der Waals surface area contributed by atoms with E-state index in [-0.39, 0.29) is 5.54 Å². The van der Waals surface area contributed by atoms with E-state index in [0.29, 0.717) is 11.6 Å². The van der Waals surface area contributed by atoms with Crippen LogP contribution in [0.15, 0.2) is 12.3 Å². The maximum atomic E-state index is 6.35. The topological polar surface area (TPSA) is 28.2 Å². The zero-order chi connectivity index (χ0) is 15.2. The van der Waals surface area contributed by atoms with Gasteiger partial charge in [-0.25, -0.2) is 4.98 Å². The number of halogens is 1. The average Bonchev–Trinajstić information content (AvgIpc) is 2.35. The molecule has 4 heteroatoms. The fourth-order valence-electron chi connectivity index (χ4n) is 1.81. The van der Waals surface area contributed by atoms with Gasteiger partial charge in [0.1, 0.15) is 5.82 Å². The van der Waals surface area contributed by atoms with E-state index < -0.39 is 0 Å². The van der Waals surface area contributed by atoms with Crippen molar-refractivity contribution >= 4 is 17.4 Å². The summed E-state index contributed by atoms with van der Waals surface area (Å²) in [7, 11) is 0. The SMILES string of the molecule is C#CCN(CCC)c1ncc(CNC(C)(C)C)cc1Cl. The summed E-state index contributed by atoms with van der Waals surface area (Å²) in [6.07, 6.45) is 8.27. The van der Waals surface area contributed by atoms with Gasteiger partial charge >= 0.3 is 0 Å². The minimum Gasteiger partial charge on any atom is -0.344 e. The van der Waals surface area contributed by atoms with E-state index in [4.69, 9.17) is 18.0 Å². The fraction of sp³-hybridized carbons (Fsp3) is 0.562. The molecule has 0 amide bonds. The molecule has 1 aromatic heterocycles. The Morgan fingerprint density at radius 3 is 2.65 bits per heavy atom. The second-order valence-corrected chi connectivity index (χ2v) is 6.29. The highest BCUT2D eigenvalue weighted by Gasteiger charge is 2.13. The molecule has 0 radical (unpaired) electrons. The Morgan fingerprint density at radius 1 is 1.45 bits per heavy atom. The van der Waals surface area contributed by atoms with Crippen molar-refractivity contribution in [2.75, 3.05) is 18.0 Å². The molecule has 3 nitrogen and oxygen atoms in total. The first-order chi connectivity index (χ1) is 9.37. The van der Waals surface area contributed by atoms with Gasteiger partial charge in [0.2, 0.25) is 0 Å². The molecule has 0 fully saturated rings. The van der Waals surface area contributed by atoms with Crippen molar-refractivity contribution in [1.82, 2.24) is 10.3 Å². The third kappa shape index (κ3) is 5.40. The third-order valence-electron chi connectivity index (χ3n) is 2.78. The van der Waals surface area contributed by atoms with E-state index in [9.17, 15) is 0 Å². The Hall–Kier alpha value is -1.24.